The molecule has 0 bridgehead atoms. The van der Waals surface area contributed by atoms with Crippen molar-refractivity contribution in [3.8, 4) is 17.2 Å². The van der Waals surface area contributed by atoms with Crippen LogP contribution in [0.3, 0.4) is 0 Å². The van der Waals surface area contributed by atoms with Gasteiger partial charge < -0.3 is 19.7 Å². The summed E-state index contributed by atoms with van der Waals surface area (Å²) in [5, 5.41) is 21.2. The van der Waals surface area contributed by atoms with Crippen molar-refractivity contribution in [2.45, 2.75) is 13.0 Å². The van der Waals surface area contributed by atoms with Gasteiger partial charge in [-0.25, -0.2) is 4.39 Å². The van der Waals surface area contributed by atoms with E-state index in [-0.39, 0.29) is 40.0 Å². The molecule has 1 amide bonds. The maximum Gasteiger partial charge on any atom is 0.300 e. The van der Waals surface area contributed by atoms with Crippen molar-refractivity contribution in [2.75, 3.05) is 18.6 Å². The van der Waals surface area contributed by atoms with E-state index in [9.17, 15) is 24.2 Å². The van der Waals surface area contributed by atoms with Gasteiger partial charge in [0.1, 0.15) is 17.3 Å². The topological polar surface area (TPSA) is 96.3 Å². The highest BCUT2D eigenvalue weighted by atomic mass is 79.9. The van der Waals surface area contributed by atoms with E-state index in [0.717, 1.165) is 11.0 Å². The third kappa shape index (κ3) is 4.52. The number of hydrogen-bond donors (Lipinski definition) is 2. The van der Waals surface area contributed by atoms with Crippen molar-refractivity contribution in [3.63, 3.8) is 0 Å². The van der Waals surface area contributed by atoms with Gasteiger partial charge in [0.05, 0.1) is 34.8 Å². The van der Waals surface area contributed by atoms with Crippen LogP contribution in [0.4, 0.5) is 10.1 Å². The number of amides is 1. The average molecular weight is 577 g/mol. The zero-order chi connectivity index (χ0) is 26.1. The Bertz CT molecular complexity index is 1410. The second-order valence-corrected chi connectivity index (χ2v) is 9.04. The van der Waals surface area contributed by atoms with Crippen molar-refractivity contribution < 1.29 is 33.7 Å². The number of hydrogen-bond acceptors (Lipinski definition) is 6. The molecule has 7 nitrogen and oxygen atoms in total. The molecule has 0 saturated carbocycles. The molecule has 0 radical (unpaired) electrons. The van der Waals surface area contributed by atoms with Crippen LogP contribution in [-0.2, 0) is 9.59 Å². The molecule has 1 heterocycles. The highest BCUT2D eigenvalue weighted by molar-refractivity contribution is 9.10. The summed E-state index contributed by atoms with van der Waals surface area (Å²) < 4.78 is 25.1. The van der Waals surface area contributed by atoms with Crippen LogP contribution in [0.15, 0.2) is 64.6 Å². The summed E-state index contributed by atoms with van der Waals surface area (Å²) in [6.45, 7) is 1.99. The summed E-state index contributed by atoms with van der Waals surface area (Å²) in [6.07, 6.45) is 0. The first-order valence-corrected chi connectivity index (χ1v) is 11.9. The van der Waals surface area contributed by atoms with Crippen molar-refractivity contribution >= 4 is 50.7 Å². The maximum atomic E-state index is 13.9. The lowest BCUT2D eigenvalue weighted by molar-refractivity contribution is -0.132. The first-order chi connectivity index (χ1) is 17.2. The van der Waals surface area contributed by atoms with Crippen LogP contribution in [0.25, 0.3) is 5.76 Å². The zero-order valence-corrected chi connectivity index (χ0v) is 21.4. The van der Waals surface area contributed by atoms with Gasteiger partial charge in [-0.3, -0.25) is 14.5 Å². The second-order valence-electron chi connectivity index (χ2n) is 7.78. The minimum absolute atomic E-state index is 0.130. The number of halogens is 3. The van der Waals surface area contributed by atoms with Crippen molar-refractivity contribution in [1.29, 1.82) is 0 Å². The van der Waals surface area contributed by atoms with Crippen LogP contribution in [0.2, 0.25) is 5.02 Å². The van der Waals surface area contributed by atoms with Gasteiger partial charge in [0.2, 0.25) is 0 Å². The van der Waals surface area contributed by atoms with E-state index >= 15 is 0 Å². The lowest BCUT2D eigenvalue weighted by atomic mass is 9.94. The average Bonchev–Trinajstić information content (AvgIpc) is 3.12. The summed E-state index contributed by atoms with van der Waals surface area (Å²) >= 11 is 9.32. The number of ketones is 1. The van der Waals surface area contributed by atoms with Crippen molar-refractivity contribution in [2.24, 2.45) is 0 Å². The number of carbonyl (C=O) groups is 2. The molecule has 2 N–H and O–H groups in total. The second kappa shape index (κ2) is 10.2. The third-order valence-corrected chi connectivity index (χ3v) is 6.56. The van der Waals surface area contributed by atoms with Crippen LogP contribution in [0.5, 0.6) is 17.2 Å². The number of aromatic hydroxyl groups is 1. The molecular formula is C26H20BrClFNO6. The SMILES string of the molecule is CCOc1cc(C2/C(=C(\O)c3ccc(OC)c(Br)c3)C(=O)C(=O)N2c2ccc(F)c(Cl)c2)ccc1O. The molecule has 3 aromatic carbocycles. The zero-order valence-electron chi connectivity index (χ0n) is 19.1. The molecule has 0 aromatic heterocycles. The Morgan fingerprint density at radius 1 is 1.11 bits per heavy atom. The molecule has 0 spiro atoms. The van der Waals surface area contributed by atoms with Crippen molar-refractivity contribution in [1.82, 2.24) is 0 Å². The van der Waals surface area contributed by atoms with Gasteiger partial charge in [0, 0.05) is 11.3 Å². The van der Waals surface area contributed by atoms with E-state index in [1.165, 1.54) is 37.4 Å². The molecule has 1 unspecified atom stereocenters. The van der Waals surface area contributed by atoms with Gasteiger partial charge in [-0.1, -0.05) is 17.7 Å². The molecular weight excluding hydrogens is 557 g/mol. The van der Waals surface area contributed by atoms with Crippen LogP contribution in [-0.4, -0.2) is 35.6 Å². The van der Waals surface area contributed by atoms with Gasteiger partial charge in [0.15, 0.2) is 11.5 Å². The van der Waals surface area contributed by atoms with Crippen LogP contribution < -0.4 is 14.4 Å². The Kier molecular flexibility index (Phi) is 7.23. The fourth-order valence-electron chi connectivity index (χ4n) is 3.99. The van der Waals surface area contributed by atoms with E-state index in [1.807, 2.05) is 0 Å². The number of ether oxygens (including phenoxy) is 2. The number of phenolic OH excluding ortho intramolecular Hbond substituents is 1. The summed E-state index contributed by atoms with van der Waals surface area (Å²) in [5.41, 5.74) is 0.566. The molecule has 1 fully saturated rings. The first-order valence-electron chi connectivity index (χ1n) is 10.7. The van der Waals surface area contributed by atoms with Gasteiger partial charge >= 0.3 is 0 Å². The first kappa shape index (κ1) is 25.5. The number of aliphatic hydroxyl groups is 1. The molecule has 0 aliphatic carbocycles. The van der Waals surface area contributed by atoms with E-state index in [4.69, 9.17) is 21.1 Å². The third-order valence-electron chi connectivity index (χ3n) is 5.65. The number of carbonyl (C=O) groups excluding carboxylic acids is 2. The van der Waals surface area contributed by atoms with E-state index in [0.29, 0.717) is 15.8 Å². The van der Waals surface area contributed by atoms with Gasteiger partial charge in [0.25, 0.3) is 11.7 Å². The number of benzene rings is 3. The Labute approximate surface area is 219 Å². The Morgan fingerprint density at radius 3 is 2.50 bits per heavy atom. The Balaban J connectivity index is 1.97. The largest absolute Gasteiger partial charge is 0.507 e. The predicted molar refractivity (Wildman–Crippen MR) is 136 cm³/mol. The summed E-state index contributed by atoms with van der Waals surface area (Å²) in [4.78, 5) is 27.7. The number of phenols is 1. The molecule has 3 aromatic rings. The van der Waals surface area contributed by atoms with E-state index in [1.54, 1.807) is 25.1 Å². The minimum Gasteiger partial charge on any atom is -0.507 e. The summed E-state index contributed by atoms with van der Waals surface area (Å²) in [5.74, 6) is -2.52. The number of anilines is 1. The molecule has 186 valence electrons. The number of Topliss-reactive ketones (excluding diaryl/α,β-unsaturated/α-hetero) is 1. The minimum atomic E-state index is -1.13. The van der Waals surface area contributed by atoms with Gasteiger partial charge in [-0.05, 0) is 76.9 Å². The molecule has 1 aliphatic rings. The number of nitrogens with zero attached hydrogens (tertiary/aromatic N) is 1. The maximum absolute atomic E-state index is 13.9. The summed E-state index contributed by atoms with van der Waals surface area (Å²) in [7, 11) is 1.49. The number of rotatable bonds is 6. The highest BCUT2D eigenvalue weighted by Crippen LogP contribution is 2.45. The van der Waals surface area contributed by atoms with E-state index < -0.39 is 29.3 Å². The lowest BCUT2D eigenvalue weighted by Crippen LogP contribution is -2.29. The summed E-state index contributed by atoms with van der Waals surface area (Å²) in [6, 6.07) is 11.5. The fourth-order valence-corrected chi connectivity index (χ4v) is 4.71. The quantitative estimate of drug-likeness (QED) is 0.213. The molecule has 1 saturated heterocycles. The standard InChI is InChI=1S/C26H20BrClFNO6/c1-3-36-21-11-13(4-8-19(21)31)23-22(24(32)14-5-9-20(35-2)16(27)10-14)25(33)26(34)30(23)15-6-7-18(29)17(28)12-15/h4-12,23,31-32H,3H2,1-2H3/b24-22+. The Morgan fingerprint density at radius 2 is 1.86 bits per heavy atom. The van der Waals surface area contributed by atoms with Crippen LogP contribution >= 0.6 is 27.5 Å². The number of aliphatic hydroxyl groups excluding tert-OH is 1. The monoisotopic (exact) mass is 575 g/mol. The Hall–Kier alpha value is -3.56. The molecule has 4 rings (SSSR count). The normalized spacial score (nSPS) is 16.9. The van der Waals surface area contributed by atoms with Gasteiger partial charge in [-0.15, -0.1) is 0 Å². The van der Waals surface area contributed by atoms with E-state index in [2.05, 4.69) is 15.9 Å². The molecule has 10 heteroatoms. The predicted octanol–water partition coefficient (Wildman–Crippen LogP) is 5.98. The van der Waals surface area contributed by atoms with Crippen LogP contribution in [0.1, 0.15) is 24.1 Å². The van der Waals surface area contributed by atoms with Gasteiger partial charge in [-0.2, -0.15) is 0 Å². The molecule has 1 atom stereocenters. The molecule has 1 aliphatic heterocycles. The van der Waals surface area contributed by atoms with Crippen LogP contribution in [0, 0.1) is 5.82 Å². The highest BCUT2D eigenvalue weighted by Gasteiger charge is 2.47. The fraction of sp³-hybridized carbons (Fsp3) is 0.154. The lowest BCUT2D eigenvalue weighted by Gasteiger charge is -2.26. The molecule has 36 heavy (non-hydrogen) atoms. The van der Waals surface area contributed by atoms with Crippen molar-refractivity contribution in [3.05, 3.63) is 86.6 Å². The number of methoxy groups -OCH3 is 1. The smallest absolute Gasteiger partial charge is 0.300 e.